The van der Waals surface area contributed by atoms with Crippen LogP contribution in [0.25, 0.3) is 0 Å². The minimum atomic E-state index is -0.268. The van der Waals surface area contributed by atoms with E-state index in [1.165, 1.54) is 51.4 Å². The van der Waals surface area contributed by atoms with E-state index in [1.807, 2.05) is 0 Å². The highest BCUT2D eigenvalue weighted by atomic mass is 16.5. The lowest BCUT2D eigenvalue weighted by Gasteiger charge is -2.34. The molecule has 174 valence electrons. The molecule has 0 aromatic rings. The Balaban J connectivity index is 1.56. The predicted molar refractivity (Wildman–Crippen MR) is 121 cm³/mol. The SMILES string of the molecule is CC(C)C1CCCCC1CCOC(=O)CCC(=O)OCCC1CCCCC1C(C)C. The number of hydrogen-bond donors (Lipinski definition) is 0. The van der Waals surface area contributed by atoms with Gasteiger partial charge in [-0.1, -0.05) is 66.2 Å². The van der Waals surface area contributed by atoms with Gasteiger partial charge in [0.25, 0.3) is 0 Å². The lowest BCUT2D eigenvalue weighted by Crippen LogP contribution is -2.26. The minimum Gasteiger partial charge on any atom is -0.466 e. The number of rotatable bonds is 11. The molecule has 2 aliphatic rings. The lowest BCUT2D eigenvalue weighted by molar-refractivity contribution is -0.151. The molecule has 0 spiro atoms. The second-order valence-electron chi connectivity index (χ2n) is 10.4. The lowest BCUT2D eigenvalue weighted by atomic mass is 9.72. The fourth-order valence-corrected chi connectivity index (χ4v) is 5.94. The van der Waals surface area contributed by atoms with Crippen LogP contribution in [0.5, 0.6) is 0 Å². The van der Waals surface area contributed by atoms with Gasteiger partial charge in [0.05, 0.1) is 26.1 Å². The first-order valence-electron chi connectivity index (χ1n) is 12.7. The molecule has 2 fully saturated rings. The molecule has 2 saturated carbocycles. The van der Waals surface area contributed by atoms with E-state index in [2.05, 4.69) is 27.7 Å². The van der Waals surface area contributed by atoms with E-state index in [0.29, 0.717) is 36.9 Å². The van der Waals surface area contributed by atoms with Crippen LogP contribution >= 0.6 is 0 Å². The number of carbonyl (C=O) groups excluding carboxylic acids is 2. The molecule has 0 bridgehead atoms. The third kappa shape index (κ3) is 8.59. The summed E-state index contributed by atoms with van der Waals surface area (Å²) in [7, 11) is 0. The fourth-order valence-electron chi connectivity index (χ4n) is 5.94. The van der Waals surface area contributed by atoms with Crippen LogP contribution in [0.15, 0.2) is 0 Å². The van der Waals surface area contributed by atoms with Gasteiger partial charge in [-0.3, -0.25) is 9.59 Å². The van der Waals surface area contributed by atoms with Gasteiger partial charge in [0.15, 0.2) is 0 Å². The predicted octanol–water partition coefficient (Wildman–Crippen LogP) is 6.56. The third-order valence-electron chi connectivity index (χ3n) is 7.68. The van der Waals surface area contributed by atoms with Crippen LogP contribution in [0.4, 0.5) is 0 Å². The van der Waals surface area contributed by atoms with E-state index < -0.39 is 0 Å². The van der Waals surface area contributed by atoms with E-state index in [1.54, 1.807) is 0 Å². The van der Waals surface area contributed by atoms with Gasteiger partial charge in [-0.2, -0.15) is 0 Å². The summed E-state index contributed by atoms with van der Waals surface area (Å²) >= 11 is 0. The smallest absolute Gasteiger partial charge is 0.306 e. The average molecular weight is 423 g/mol. The zero-order valence-electron chi connectivity index (χ0n) is 20.0. The van der Waals surface area contributed by atoms with Crippen LogP contribution in [0.1, 0.15) is 105 Å². The Morgan fingerprint density at radius 1 is 0.667 bits per heavy atom. The highest BCUT2D eigenvalue weighted by Crippen LogP contribution is 2.38. The van der Waals surface area contributed by atoms with Crippen molar-refractivity contribution in [3.63, 3.8) is 0 Å². The van der Waals surface area contributed by atoms with Crippen LogP contribution in [-0.2, 0) is 19.1 Å². The summed E-state index contributed by atoms with van der Waals surface area (Å²) in [6.45, 7) is 10.2. The summed E-state index contributed by atoms with van der Waals surface area (Å²) in [5.74, 6) is 3.72. The summed E-state index contributed by atoms with van der Waals surface area (Å²) in [6.07, 6.45) is 12.6. The quantitative estimate of drug-likeness (QED) is 0.354. The molecule has 4 unspecified atom stereocenters. The van der Waals surface area contributed by atoms with E-state index >= 15 is 0 Å². The Morgan fingerprint density at radius 2 is 1.03 bits per heavy atom. The van der Waals surface area contributed by atoms with Crippen molar-refractivity contribution in [3.05, 3.63) is 0 Å². The molecule has 2 rings (SSSR count). The largest absolute Gasteiger partial charge is 0.466 e. The van der Waals surface area contributed by atoms with Gasteiger partial charge in [-0.05, 0) is 61.2 Å². The summed E-state index contributed by atoms with van der Waals surface area (Å²) < 4.78 is 10.8. The molecule has 4 atom stereocenters. The highest BCUT2D eigenvalue weighted by molar-refractivity contribution is 5.77. The number of esters is 2. The summed E-state index contributed by atoms with van der Waals surface area (Å²) in [5.41, 5.74) is 0. The van der Waals surface area contributed by atoms with E-state index in [4.69, 9.17) is 9.47 Å². The molecule has 30 heavy (non-hydrogen) atoms. The molecule has 0 aliphatic heterocycles. The monoisotopic (exact) mass is 422 g/mol. The van der Waals surface area contributed by atoms with Gasteiger partial charge in [0.2, 0.25) is 0 Å². The van der Waals surface area contributed by atoms with Crippen molar-refractivity contribution in [2.24, 2.45) is 35.5 Å². The first-order valence-corrected chi connectivity index (χ1v) is 12.7. The molecule has 0 heterocycles. The van der Waals surface area contributed by atoms with Gasteiger partial charge < -0.3 is 9.47 Å². The maximum absolute atomic E-state index is 12.0. The fraction of sp³-hybridized carbons (Fsp3) is 0.923. The second-order valence-corrected chi connectivity index (χ2v) is 10.4. The van der Waals surface area contributed by atoms with E-state index in [-0.39, 0.29) is 24.8 Å². The van der Waals surface area contributed by atoms with Crippen molar-refractivity contribution in [2.75, 3.05) is 13.2 Å². The van der Waals surface area contributed by atoms with Crippen LogP contribution in [0, 0.1) is 35.5 Å². The maximum Gasteiger partial charge on any atom is 0.306 e. The molecule has 4 heteroatoms. The van der Waals surface area contributed by atoms with E-state index in [9.17, 15) is 9.59 Å². The molecule has 0 saturated heterocycles. The van der Waals surface area contributed by atoms with Crippen molar-refractivity contribution < 1.29 is 19.1 Å². The van der Waals surface area contributed by atoms with Crippen molar-refractivity contribution in [1.82, 2.24) is 0 Å². The molecule has 0 radical (unpaired) electrons. The van der Waals surface area contributed by atoms with E-state index in [0.717, 1.165) is 24.7 Å². The summed E-state index contributed by atoms with van der Waals surface area (Å²) in [6, 6.07) is 0. The Morgan fingerprint density at radius 3 is 1.40 bits per heavy atom. The number of ether oxygens (including phenoxy) is 2. The molecule has 0 aromatic carbocycles. The molecule has 4 nitrogen and oxygen atoms in total. The maximum atomic E-state index is 12.0. The number of hydrogen-bond acceptors (Lipinski definition) is 4. The molecule has 2 aliphatic carbocycles. The topological polar surface area (TPSA) is 52.6 Å². The molecular formula is C26H46O4. The first-order chi connectivity index (χ1) is 14.4. The number of carbonyl (C=O) groups is 2. The van der Waals surface area contributed by atoms with Crippen molar-refractivity contribution in [1.29, 1.82) is 0 Å². The second kappa shape index (κ2) is 13.4. The zero-order chi connectivity index (χ0) is 21.9. The molecular weight excluding hydrogens is 376 g/mol. The van der Waals surface area contributed by atoms with Crippen molar-refractivity contribution in [3.8, 4) is 0 Å². The Labute approximate surface area is 184 Å². The molecule has 0 N–H and O–H groups in total. The summed E-state index contributed by atoms with van der Waals surface area (Å²) in [5, 5.41) is 0. The van der Waals surface area contributed by atoms with Crippen LogP contribution in [-0.4, -0.2) is 25.2 Å². The van der Waals surface area contributed by atoms with Crippen LogP contribution in [0.2, 0.25) is 0 Å². The molecule has 0 aromatic heterocycles. The molecule has 0 amide bonds. The van der Waals surface area contributed by atoms with Crippen molar-refractivity contribution >= 4 is 11.9 Å². The first kappa shape index (κ1) is 25.2. The van der Waals surface area contributed by atoms with Crippen LogP contribution < -0.4 is 0 Å². The van der Waals surface area contributed by atoms with Crippen molar-refractivity contribution in [2.45, 2.75) is 105 Å². The Kier molecular flexibility index (Phi) is 11.2. The Bertz CT molecular complexity index is 467. The van der Waals surface area contributed by atoms with Gasteiger partial charge in [-0.25, -0.2) is 0 Å². The summed E-state index contributed by atoms with van der Waals surface area (Å²) in [4.78, 5) is 24.0. The normalized spacial score (nSPS) is 27.3. The standard InChI is InChI=1S/C26H46O4/c1-19(2)23-11-7-5-9-21(23)15-17-29-25(27)13-14-26(28)30-18-16-22-10-6-8-12-24(22)20(3)4/h19-24H,5-18H2,1-4H3. The highest BCUT2D eigenvalue weighted by Gasteiger charge is 2.28. The van der Waals surface area contributed by atoms with Gasteiger partial charge >= 0.3 is 11.9 Å². The average Bonchev–Trinajstić information content (AvgIpc) is 2.72. The zero-order valence-corrected chi connectivity index (χ0v) is 20.0. The van der Waals surface area contributed by atoms with Crippen LogP contribution in [0.3, 0.4) is 0 Å². The minimum absolute atomic E-state index is 0.134. The van der Waals surface area contributed by atoms with Gasteiger partial charge in [0, 0.05) is 0 Å². The Hall–Kier alpha value is -1.06. The van der Waals surface area contributed by atoms with Gasteiger partial charge in [0.1, 0.15) is 0 Å². The third-order valence-corrected chi connectivity index (χ3v) is 7.68. The van der Waals surface area contributed by atoms with Gasteiger partial charge in [-0.15, -0.1) is 0 Å².